The first kappa shape index (κ1) is 20.8. The maximum atomic E-state index is 12.9. The number of anilines is 1. The number of carbonyl (C=O) groups excluding carboxylic acids is 1. The van der Waals surface area contributed by atoms with Gasteiger partial charge < -0.3 is 10.6 Å². The molecule has 2 aromatic carbocycles. The summed E-state index contributed by atoms with van der Waals surface area (Å²) in [5.41, 5.74) is 4.55. The largest absolute Gasteiger partial charge is 0.332 e. The van der Waals surface area contributed by atoms with Crippen LogP contribution >= 0.6 is 12.2 Å². The highest BCUT2D eigenvalue weighted by Gasteiger charge is 2.51. The number of benzene rings is 2. The van der Waals surface area contributed by atoms with E-state index >= 15 is 0 Å². The molecule has 170 valence electrons. The Morgan fingerprint density at radius 1 is 1.03 bits per heavy atom. The van der Waals surface area contributed by atoms with Gasteiger partial charge in [0.25, 0.3) is 0 Å². The Kier molecular flexibility index (Phi) is 4.98. The number of aromatic nitrogens is 3. The number of nitrogens with zero attached hydrogens (tertiary/aromatic N) is 3. The first-order valence-electron chi connectivity index (χ1n) is 12.0. The van der Waals surface area contributed by atoms with E-state index in [4.69, 9.17) is 12.2 Å². The molecule has 33 heavy (non-hydrogen) atoms. The molecule has 1 heterocycles. The molecule has 4 saturated carbocycles. The molecule has 0 radical (unpaired) electrons. The normalized spacial score (nSPS) is 27.6. The second-order valence-electron chi connectivity index (χ2n) is 10.6. The van der Waals surface area contributed by atoms with Gasteiger partial charge in [0.05, 0.1) is 5.69 Å². The van der Waals surface area contributed by atoms with Gasteiger partial charge in [-0.25, -0.2) is 0 Å². The van der Waals surface area contributed by atoms with E-state index in [1.54, 1.807) is 4.80 Å². The Bertz CT molecular complexity index is 1200. The van der Waals surface area contributed by atoms with E-state index in [0.717, 1.165) is 45.7 Å². The Hall–Kier alpha value is -2.80. The van der Waals surface area contributed by atoms with Gasteiger partial charge in [-0.15, -0.1) is 10.2 Å². The van der Waals surface area contributed by atoms with Crippen LogP contribution in [0.25, 0.3) is 16.7 Å². The molecule has 0 spiro atoms. The van der Waals surface area contributed by atoms with Crippen molar-refractivity contribution in [1.82, 2.24) is 20.3 Å². The summed E-state index contributed by atoms with van der Waals surface area (Å²) in [4.78, 5) is 14.6. The summed E-state index contributed by atoms with van der Waals surface area (Å²) in [7, 11) is 0. The van der Waals surface area contributed by atoms with Crippen molar-refractivity contribution in [2.75, 3.05) is 5.32 Å². The summed E-state index contributed by atoms with van der Waals surface area (Å²) in [5, 5.41) is 15.7. The van der Waals surface area contributed by atoms with Crippen LogP contribution in [0.5, 0.6) is 0 Å². The smallest absolute Gasteiger partial charge is 0.226 e. The maximum absolute atomic E-state index is 12.9. The molecule has 0 atom stereocenters. The third kappa shape index (κ3) is 4.03. The molecule has 0 aliphatic heterocycles. The number of rotatable bonds is 4. The van der Waals surface area contributed by atoms with E-state index in [1.807, 2.05) is 49.4 Å². The lowest BCUT2D eigenvalue weighted by molar-refractivity contribution is -0.127. The summed E-state index contributed by atoms with van der Waals surface area (Å²) < 4.78 is 0. The van der Waals surface area contributed by atoms with Crippen molar-refractivity contribution < 1.29 is 4.79 Å². The number of amides is 1. The number of aryl methyl sites for hydroxylation is 1. The monoisotopic (exact) mass is 459 g/mol. The Balaban J connectivity index is 1.13. The number of thiocarbonyl (C=S) groups is 1. The molecular formula is C26H29N5OS. The summed E-state index contributed by atoms with van der Waals surface area (Å²) in [6, 6.07) is 13.8. The van der Waals surface area contributed by atoms with Crippen LogP contribution in [-0.4, -0.2) is 26.0 Å². The van der Waals surface area contributed by atoms with Gasteiger partial charge >= 0.3 is 0 Å². The summed E-state index contributed by atoms with van der Waals surface area (Å²) >= 11 is 5.50. The number of hydrogen-bond donors (Lipinski definition) is 2. The maximum Gasteiger partial charge on any atom is 0.226 e. The molecule has 0 unspecified atom stereocenters. The standard InChI is InChI=1S/C26H29N5OS/c1-16-7-22-23(30-31(29-22)20-5-3-2-4-6-20)11-21(16)27-25(33)28-24(32)15-26-12-17-8-18(13-26)10-19(9-17)14-26/h2-7,11,17-19H,8-10,12-15H2,1H3,(H2,27,28,32,33). The van der Waals surface area contributed by atoms with Gasteiger partial charge in [0, 0.05) is 12.1 Å². The molecule has 3 aromatic rings. The number of carbonyl (C=O) groups is 1. The molecular weight excluding hydrogens is 430 g/mol. The zero-order valence-electron chi connectivity index (χ0n) is 18.9. The molecule has 7 rings (SSSR count). The number of nitrogens with one attached hydrogen (secondary N) is 2. The van der Waals surface area contributed by atoms with Crippen LogP contribution in [0.4, 0.5) is 5.69 Å². The fraction of sp³-hybridized carbons (Fsp3) is 0.462. The molecule has 4 aliphatic rings. The second kappa shape index (κ2) is 7.90. The van der Waals surface area contributed by atoms with Gasteiger partial charge in [0.2, 0.25) is 5.91 Å². The van der Waals surface area contributed by atoms with E-state index in [-0.39, 0.29) is 11.3 Å². The zero-order chi connectivity index (χ0) is 22.6. The highest BCUT2D eigenvalue weighted by molar-refractivity contribution is 7.80. The Morgan fingerprint density at radius 3 is 2.27 bits per heavy atom. The van der Waals surface area contributed by atoms with E-state index in [9.17, 15) is 4.79 Å². The quantitative estimate of drug-likeness (QED) is 0.528. The first-order valence-corrected chi connectivity index (χ1v) is 12.4. The second-order valence-corrected chi connectivity index (χ2v) is 11.0. The highest BCUT2D eigenvalue weighted by Crippen LogP contribution is 2.61. The lowest BCUT2D eigenvalue weighted by atomic mass is 9.49. The van der Waals surface area contributed by atoms with E-state index < -0.39 is 0 Å². The average Bonchev–Trinajstić information content (AvgIpc) is 3.15. The van der Waals surface area contributed by atoms with Gasteiger partial charge in [-0.2, -0.15) is 4.80 Å². The van der Waals surface area contributed by atoms with Crippen LogP contribution in [-0.2, 0) is 4.79 Å². The molecule has 0 saturated heterocycles. The summed E-state index contributed by atoms with van der Waals surface area (Å²) in [6.45, 7) is 2.00. The molecule has 4 aliphatic carbocycles. The van der Waals surface area contributed by atoms with Gasteiger partial charge in [-0.3, -0.25) is 4.79 Å². The van der Waals surface area contributed by atoms with E-state index in [1.165, 1.54) is 38.5 Å². The lowest BCUT2D eigenvalue weighted by Gasteiger charge is -2.56. The number of para-hydroxylation sites is 1. The van der Waals surface area contributed by atoms with Gasteiger partial charge in [-0.05, 0) is 111 Å². The lowest BCUT2D eigenvalue weighted by Crippen LogP contribution is -2.48. The third-order valence-electron chi connectivity index (χ3n) is 7.92. The predicted molar refractivity (Wildman–Crippen MR) is 133 cm³/mol. The SMILES string of the molecule is Cc1cc2nn(-c3ccccc3)nc2cc1NC(=S)NC(=O)CC12CC3CC(CC(C3)C1)C2. The topological polar surface area (TPSA) is 71.8 Å². The van der Waals surface area contributed by atoms with Crippen LogP contribution in [0.3, 0.4) is 0 Å². The van der Waals surface area contributed by atoms with Crippen molar-refractivity contribution in [2.24, 2.45) is 23.2 Å². The fourth-order valence-electron chi connectivity index (χ4n) is 7.05. The number of fused-ring (bicyclic) bond motifs is 1. The predicted octanol–water partition coefficient (Wildman–Crippen LogP) is 5.15. The van der Waals surface area contributed by atoms with Crippen LogP contribution < -0.4 is 10.6 Å². The first-order chi connectivity index (χ1) is 15.9. The molecule has 4 bridgehead atoms. The molecule has 6 nitrogen and oxygen atoms in total. The minimum absolute atomic E-state index is 0.0446. The van der Waals surface area contributed by atoms with Crippen molar-refractivity contribution in [1.29, 1.82) is 0 Å². The average molecular weight is 460 g/mol. The zero-order valence-corrected chi connectivity index (χ0v) is 19.7. The van der Waals surface area contributed by atoms with Crippen molar-refractivity contribution >= 4 is 40.0 Å². The van der Waals surface area contributed by atoms with Gasteiger partial charge in [-0.1, -0.05) is 18.2 Å². The molecule has 4 fully saturated rings. The van der Waals surface area contributed by atoms with Crippen molar-refractivity contribution in [3.8, 4) is 5.69 Å². The van der Waals surface area contributed by atoms with Crippen LogP contribution in [0, 0.1) is 30.1 Å². The minimum Gasteiger partial charge on any atom is -0.332 e. The van der Waals surface area contributed by atoms with Crippen molar-refractivity contribution in [3.05, 3.63) is 48.0 Å². The van der Waals surface area contributed by atoms with E-state index in [0.29, 0.717) is 11.5 Å². The summed E-state index contributed by atoms with van der Waals surface area (Å²) in [5.74, 6) is 2.57. The Labute approximate surface area is 199 Å². The molecule has 7 heteroatoms. The number of hydrogen-bond acceptors (Lipinski definition) is 4. The molecule has 2 N–H and O–H groups in total. The third-order valence-corrected chi connectivity index (χ3v) is 8.12. The molecule has 1 aromatic heterocycles. The Morgan fingerprint density at radius 2 is 1.64 bits per heavy atom. The van der Waals surface area contributed by atoms with Gasteiger partial charge in [0.15, 0.2) is 5.11 Å². The van der Waals surface area contributed by atoms with E-state index in [2.05, 4.69) is 20.8 Å². The fourth-order valence-corrected chi connectivity index (χ4v) is 7.27. The molecule has 1 amide bonds. The van der Waals surface area contributed by atoms with Crippen LogP contribution in [0.15, 0.2) is 42.5 Å². The van der Waals surface area contributed by atoms with Crippen molar-refractivity contribution in [3.63, 3.8) is 0 Å². The van der Waals surface area contributed by atoms with Gasteiger partial charge in [0.1, 0.15) is 11.0 Å². The van der Waals surface area contributed by atoms with Crippen molar-refractivity contribution in [2.45, 2.75) is 51.9 Å². The van der Waals surface area contributed by atoms with Crippen LogP contribution in [0.2, 0.25) is 0 Å². The minimum atomic E-state index is 0.0446. The summed E-state index contributed by atoms with van der Waals surface area (Å²) in [6.07, 6.45) is 8.42. The van der Waals surface area contributed by atoms with Crippen LogP contribution in [0.1, 0.15) is 50.5 Å². The highest BCUT2D eigenvalue weighted by atomic mass is 32.1.